The molecule has 0 spiro atoms. The SMILES string of the molecule is N#CC(C#N)=C1c2ccccc2SC[C@@H]1[C@H]1CCCC(=O)C1. The first-order chi connectivity index (χ1) is 10.7. The Hall–Kier alpha value is -2.04. The number of benzene rings is 1. The van der Waals surface area contributed by atoms with Crippen molar-refractivity contribution in [2.75, 3.05) is 5.75 Å². The highest BCUT2D eigenvalue weighted by Crippen LogP contribution is 2.47. The standard InChI is InChI=1S/C18H16N2OS/c19-9-13(10-20)18-15-6-1-2-7-17(15)22-11-16(18)12-4-3-5-14(21)8-12/h1-2,6-7,12,16H,3-5,8,11H2/t12-,16+/m0/s1. The molecule has 0 amide bonds. The summed E-state index contributed by atoms with van der Waals surface area (Å²) in [6.07, 6.45) is 3.19. The van der Waals surface area contributed by atoms with Crippen molar-refractivity contribution in [3.8, 4) is 12.1 Å². The van der Waals surface area contributed by atoms with Crippen LogP contribution in [0.25, 0.3) is 5.57 Å². The van der Waals surface area contributed by atoms with Crippen molar-refractivity contribution in [2.24, 2.45) is 11.8 Å². The Morgan fingerprint density at radius 1 is 1.23 bits per heavy atom. The van der Waals surface area contributed by atoms with Gasteiger partial charge in [-0.15, -0.1) is 11.8 Å². The molecule has 22 heavy (non-hydrogen) atoms. The molecular formula is C18H16N2OS. The van der Waals surface area contributed by atoms with Crippen LogP contribution in [-0.2, 0) is 4.79 Å². The lowest BCUT2D eigenvalue weighted by Crippen LogP contribution is -2.28. The number of fused-ring (bicyclic) bond motifs is 1. The van der Waals surface area contributed by atoms with Crippen molar-refractivity contribution < 1.29 is 4.79 Å². The van der Waals surface area contributed by atoms with Crippen molar-refractivity contribution >= 4 is 23.1 Å². The zero-order chi connectivity index (χ0) is 15.5. The Balaban J connectivity index is 2.08. The summed E-state index contributed by atoms with van der Waals surface area (Å²) in [5.74, 6) is 1.54. The van der Waals surface area contributed by atoms with Gasteiger partial charge in [-0.25, -0.2) is 0 Å². The predicted octanol–water partition coefficient (Wildman–Crippen LogP) is 3.97. The number of nitrogens with zero attached hydrogens (tertiary/aromatic N) is 2. The molecule has 0 bridgehead atoms. The van der Waals surface area contributed by atoms with E-state index in [1.807, 2.05) is 24.3 Å². The Morgan fingerprint density at radius 3 is 2.73 bits per heavy atom. The molecule has 1 aliphatic heterocycles. The molecule has 0 unspecified atom stereocenters. The molecule has 1 aromatic carbocycles. The van der Waals surface area contributed by atoms with Crippen LogP contribution in [0.15, 0.2) is 34.7 Å². The number of hydrogen-bond acceptors (Lipinski definition) is 4. The first kappa shape index (κ1) is 14.9. The predicted molar refractivity (Wildman–Crippen MR) is 85.8 cm³/mol. The molecule has 1 aliphatic carbocycles. The molecular weight excluding hydrogens is 292 g/mol. The van der Waals surface area contributed by atoms with E-state index in [1.165, 1.54) is 0 Å². The fourth-order valence-corrected chi connectivity index (χ4v) is 4.82. The first-order valence-electron chi connectivity index (χ1n) is 7.53. The Bertz CT molecular complexity index is 707. The van der Waals surface area contributed by atoms with Gasteiger partial charge in [-0.1, -0.05) is 18.2 Å². The Labute approximate surface area is 134 Å². The zero-order valence-corrected chi connectivity index (χ0v) is 13.0. The summed E-state index contributed by atoms with van der Waals surface area (Å²) in [4.78, 5) is 12.9. The van der Waals surface area contributed by atoms with Crippen LogP contribution < -0.4 is 0 Å². The van der Waals surface area contributed by atoms with E-state index in [1.54, 1.807) is 11.8 Å². The van der Waals surface area contributed by atoms with Gasteiger partial charge >= 0.3 is 0 Å². The number of thioether (sulfide) groups is 1. The summed E-state index contributed by atoms with van der Waals surface area (Å²) in [5.41, 5.74) is 2.06. The van der Waals surface area contributed by atoms with Gasteiger partial charge in [0.15, 0.2) is 0 Å². The highest BCUT2D eigenvalue weighted by atomic mass is 32.2. The van der Waals surface area contributed by atoms with Gasteiger partial charge in [-0.2, -0.15) is 10.5 Å². The fraction of sp³-hybridized carbons (Fsp3) is 0.389. The number of hydrogen-bond donors (Lipinski definition) is 0. The van der Waals surface area contributed by atoms with Crippen LogP contribution in [-0.4, -0.2) is 11.5 Å². The van der Waals surface area contributed by atoms with Crippen LogP contribution in [0.5, 0.6) is 0 Å². The molecule has 3 nitrogen and oxygen atoms in total. The van der Waals surface area contributed by atoms with Crippen molar-refractivity contribution in [1.29, 1.82) is 10.5 Å². The van der Waals surface area contributed by atoms with E-state index in [0.717, 1.165) is 34.6 Å². The minimum Gasteiger partial charge on any atom is -0.300 e. The molecule has 2 aliphatic rings. The monoisotopic (exact) mass is 308 g/mol. The number of rotatable bonds is 1. The summed E-state index contributed by atoms with van der Waals surface area (Å²) in [6, 6.07) is 12.1. The maximum Gasteiger partial charge on any atom is 0.133 e. The summed E-state index contributed by atoms with van der Waals surface area (Å²) in [6.45, 7) is 0. The molecule has 0 N–H and O–H groups in total. The number of carbonyl (C=O) groups excluding carboxylic acids is 1. The summed E-state index contributed by atoms with van der Waals surface area (Å²) in [5, 5.41) is 18.7. The number of carbonyl (C=O) groups is 1. The first-order valence-corrected chi connectivity index (χ1v) is 8.51. The average molecular weight is 308 g/mol. The van der Waals surface area contributed by atoms with Gasteiger partial charge < -0.3 is 0 Å². The molecule has 2 atom stereocenters. The second-order valence-electron chi connectivity index (χ2n) is 5.82. The molecule has 1 fully saturated rings. The number of Topliss-reactive ketones (excluding diaryl/α,β-unsaturated/α-hetero) is 1. The van der Waals surface area contributed by atoms with Crippen LogP contribution in [0, 0.1) is 34.5 Å². The summed E-state index contributed by atoms with van der Waals surface area (Å²) >= 11 is 1.77. The van der Waals surface area contributed by atoms with E-state index in [-0.39, 0.29) is 17.4 Å². The number of allylic oxidation sites excluding steroid dienone is 2. The molecule has 1 heterocycles. The minimum atomic E-state index is 0.124. The lowest BCUT2D eigenvalue weighted by molar-refractivity contribution is -0.121. The lowest BCUT2D eigenvalue weighted by atomic mass is 9.74. The molecule has 1 saturated carbocycles. The second-order valence-corrected chi connectivity index (χ2v) is 6.88. The van der Waals surface area contributed by atoms with E-state index in [0.29, 0.717) is 18.6 Å². The number of ketones is 1. The largest absolute Gasteiger partial charge is 0.300 e. The van der Waals surface area contributed by atoms with Gasteiger partial charge in [0, 0.05) is 23.5 Å². The van der Waals surface area contributed by atoms with Crippen molar-refractivity contribution in [2.45, 2.75) is 30.6 Å². The van der Waals surface area contributed by atoms with Gasteiger partial charge in [0.1, 0.15) is 23.5 Å². The third-order valence-corrected chi connectivity index (χ3v) is 5.74. The number of nitriles is 2. The minimum absolute atomic E-state index is 0.124. The van der Waals surface area contributed by atoms with E-state index in [9.17, 15) is 15.3 Å². The van der Waals surface area contributed by atoms with E-state index in [4.69, 9.17) is 0 Å². The maximum absolute atomic E-state index is 11.8. The lowest BCUT2D eigenvalue weighted by Gasteiger charge is -2.35. The average Bonchev–Trinajstić information content (AvgIpc) is 2.56. The highest BCUT2D eigenvalue weighted by molar-refractivity contribution is 7.99. The second kappa shape index (κ2) is 6.38. The fourth-order valence-electron chi connectivity index (χ4n) is 3.52. The van der Waals surface area contributed by atoms with Gasteiger partial charge in [0.2, 0.25) is 0 Å². The van der Waals surface area contributed by atoms with Crippen LogP contribution >= 0.6 is 11.8 Å². The molecule has 4 heteroatoms. The van der Waals surface area contributed by atoms with Gasteiger partial charge in [0.25, 0.3) is 0 Å². The molecule has 0 saturated heterocycles. The Kier molecular flexibility index (Phi) is 4.32. The third kappa shape index (κ3) is 2.67. The molecule has 3 rings (SSSR count). The van der Waals surface area contributed by atoms with Gasteiger partial charge in [-0.05, 0) is 41.9 Å². The smallest absolute Gasteiger partial charge is 0.133 e. The van der Waals surface area contributed by atoms with E-state index >= 15 is 0 Å². The summed E-state index contributed by atoms with van der Waals surface area (Å²) in [7, 11) is 0. The molecule has 1 aromatic rings. The van der Waals surface area contributed by atoms with Gasteiger partial charge in [0.05, 0.1) is 0 Å². The topological polar surface area (TPSA) is 64.7 Å². The molecule has 110 valence electrons. The zero-order valence-electron chi connectivity index (χ0n) is 12.2. The quantitative estimate of drug-likeness (QED) is 0.736. The van der Waals surface area contributed by atoms with Crippen LogP contribution in [0.2, 0.25) is 0 Å². The van der Waals surface area contributed by atoms with E-state index in [2.05, 4.69) is 12.1 Å². The van der Waals surface area contributed by atoms with Crippen molar-refractivity contribution in [3.05, 3.63) is 35.4 Å². The van der Waals surface area contributed by atoms with Crippen LogP contribution in [0.4, 0.5) is 0 Å². The maximum atomic E-state index is 11.8. The van der Waals surface area contributed by atoms with Crippen molar-refractivity contribution in [1.82, 2.24) is 0 Å². The highest BCUT2D eigenvalue weighted by Gasteiger charge is 2.35. The summed E-state index contributed by atoms with van der Waals surface area (Å²) < 4.78 is 0. The van der Waals surface area contributed by atoms with Crippen LogP contribution in [0.3, 0.4) is 0 Å². The Morgan fingerprint density at radius 2 is 2.00 bits per heavy atom. The van der Waals surface area contributed by atoms with Gasteiger partial charge in [-0.3, -0.25) is 4.79 Å². The van der Waals surface area contributed by atoms with Crippen molar-refractivity contribution in [3.63, 3.8) is 0 Å². The normalized spacial score (nSPS) is 24.1. The molecule has 0 radical (unpaired) electrons. The van der Waals surface area contributed by atoms with Crippen LogP contribution in [0.1, 0.15) is 31.2 Å². The molecule has 0 aromatic heterocycles. The third-order valence-electron chi connectivity index (χ3n) is 4.55. The van der Waals surface area contributed by atoms with E-state index < -0.39 is 0 Å².